The third-order valence-corrected chi connectivity index (χ3v) is 4.70. The van der Waals surface area contributed by atoms with Gasteiger partial charge in [-0.25, -0.2) is 0 Å². The topological polar surface area (TPSA) is 15.3 Å². The first-order valence-corrected chi connectivity index (χ1v) is 10.3. The average molecular weight is 397 g/mol. The Morgan fingerprint density at radius 3 is 2.50 bits per heavy atom. The van der Waals surface area contributed by atoms with Crippen molar-refractivity contribution in [1.29, 1.82) is 0 Å². The van der Waals surface area contributed by atoms with Crippen molar-refractivity contribution in [2.45, 2.75) is 52.6 Å². The first-order valence-electron chi connectivity index (χ1n) is 10.3. The van der Waals surface area contributed by atoms with Gasteiger partial charge in [-0.05, 0) is 49.1 Å². The second kappa shape index (κ2) is 13.6. The molecule has 0 bridgehead atoms. The smallest absolute Gasteiger partial charge is 0.311 e. The van der Waals surface area contributed by atoms with Gasteiger partial charge in [-0.1, -0.05) is 63.3 Å². The number of allylic oxidation sites excluding steroid dienone is 8. The number of hydrogen-bond donors (Lipinski definition) is 1. The standard InChI is InChI=1S/C23H35F3N2/c1-4-10-21(12-7-8-16-23(24,25)26)22-13-9-11-20(14-15-22)19-27-17-18-28(5-2)6-3/h7-8,10-11,13-15,27H,4-6,9,12,16-19H2,1-3H3/b8-7-,21-10+. The summed E-state index contributed by atoms with van der Waals surface area (Å²) in [6.07, 6.45) is 10.7. The van der Waals surface area contributed by atoms with Gasteiger partial charge in [0.25, 0.3) is 0 Å². The summed E-state index contributed by atoms with van der Waals surface area (Å²) in [7, 11) is 0. The monoisotopic (exact) mass is 396 g/mol. The van der Waals surface area contributed by atoms with Crippen LogP contribution in [0.4, 0.5) is 13.2 Å². The number of rotatable bonds is 12. The molecule has 2 nitrogen and oxygen atoms in total. The van der Waals surface area contributed by atoms with Crippen LogP contribution in [0.1, 0.15) is 46.5 Å². The summed E-state index contributed by atoms with van der Waals surface area (Å²) >= 11 is 0. The summed E-state index contributed by atoms with van der Waals surface area (Å²) in [4.78, 5) is 2.39. The van der Waals surface area contributed by atoms with E-state index in [0.717, 1.165) is 56.7 Å². The summed E-state index contributed by atoms with van der Waals surface area (Å²) in [5.41, 5.74) is 3.43. The Hall–Kier alpha value is -1.59. The Bertz CT molecular complexity index is 591. The molecule has 0 atom stereocenters. The zero-order chi connectivity index (χ0) is 20.8. The lowest BCUT2D eigenvalue weighted by atomic mass is 10.00. The van der Waals surface area contributed by atoms with Crippen LogP contribution in [0.5, 0.6) is 0 Å². The predicted octanol–water partition coefficient (Wildman–Crippen LogP) is 5.97. The van der Waals surface area contributed by atoms with E-state index in [-0.39, 0.29) is 0 Å². The zero-order valence-electron chi connectivity index (χ0n) is 17.5. The van der Waals surface area contributed by atoms with Crippen LogP contribution in [-0.4, -0.2) is 43.8 Å². The van der Waals surface area contributed by atoms with E-state index in [4.69, 9.17) is 0 Å². The maximum atomic E-state index is 12.3. The normalized spacial score (nSPS) is 15.9. The lowest BCUT2D eigenvalue weighted by Crippen LogP contribution is -2.32. The molecule has 1 aliphatic carbocycles. The molecule has 1 N–H and O–H groups in total. The predicted molar refractivity (Wildman–Crippen MR) is 113 cm³/mol. The molecule has 0 heterocycles. The van der Waals surface area contributed by atoms with Crippen LogP contribution < -0.4 is 5.32 Å². The third-order valence-electron chi connectivity index (χ3n) is 4.70. The van der Waals surface area contributed by atoms with Gasteiger partial charge in [0, 0.05) is 19.6 Å². The summed E-state index contributed by atoms with van der Waals surface area (Å²) in [5.74, 6) is 0. The Morgan fingerprint density at radius 2 is 1.86 bits per heavy atom. The SMILES string of the molecule is CC/C=C(\C/C=C\CC(F)(F)F)C1=CCC=C(CNCCN(CC)CC)C=C1. The average Bonchev–Trinajstić information content (AvgIpc) is 2.89. The van der Waals surface area contributed by atoms with Crippen molar-refractivity contribution < 1.29 is 13.2 Å². The highest BCUT2D eigenvalue weighted by molar-refractivity contribution is 5.45. The fourth-order valence-electron chi connectivity index (χ4n) is 3.04. The van der Waals surface area contributed by atoms with E-state index < -0.39 is 12.6 Å². The fraction of sp³-hybridized carbons (Fsp3) is 0.565. The van der Waals surface area contributed by atoms with Crippen molar-refractivity contribution in [3.05, 3.63) is 59.3 Å². The van der Waals surface area contributed by atoms with Crippen LogP contribution >= 0.6 is 0 Å². The molecule has 0 spiro atoms. The highest BCUT2D eigenvalue weighted by Gasteiger charge is 2.24. The Kier molecular flexibility index (Phi) is 11.8. The maximum Gasteiger partial charge on any atom is 0.392 e. The molecule has 0 saturated heterocycles. The molecular weight excluding hydrogens is 361 g/mol. The third kappa shape index (κ3) is 10.7. The Balaban J connectivity index is 2.55. The van der Waals surface area contributed by atoms with Crippen LogP contribution in [0, 0.1) is 0 Å². The highest BCUT2D eigenvalue weighted by atomic mass is 19.4. The van der Waals surface area contributed by atoms with E-state index in [9.17, 15) is 13.2 Å². The molecule has 1 aliphatic rings. The van der Waals surface area contributed by atoms with Gasteiger partial charge in [-0.3, -0.25) is 0 Å². The van der Waals surface area contributed by atoms with E-state index in [1.54, 1.807) is 6.08 Å². The van der Waals surface area contributed by atoms with Gasteiger partial charge < -0.3 is 10.2 Å². The first-order chi connectivity index (χ1) is 13.4. The molecule has 0 aromatic rings. The van der Waals surface area contributed by atoms with E-state index in [1.807, 2.05) is 6.92 Å². The van der Waals surface area contributed by atoms with Crippen LogP contribution in [-0.2, 0) is 0 Å². The van der Waals surface area contributed by atoms with Gasteiger partial charge in [0.05, 0.1) is 6.42 Å². The van der Waals surface area contributed by atoms with E-state index in [1.165, 1.54) is 11.6 Å². The molecule has 0 amide bonds. The van der Waals surface area contributed by atoms with Gasteiger partial charge in [0.1, 0.15) is 0 Å². The molecule has 0 unspecified atom stereocenters. The molecule has 28 heavy (non-hydrogen) atoms. The maximum absolute atomic E-state index is 12.3. The van der Waals surface area contributed by atoms with Gasteiger partial charge >= 0.3 is 6.18 Å². The van der Waals surface area contributed by atoms with Crippen molar-refractivity contribution in [3.8, 4) is 0 Å². The quantitative estimate of drug-likeness (QED) is 0.323. The van der Waals surface area contributed by atoms with Gasteiger partial charge in [0.2, 0.25) is 0 Å². The van der Waals surface area contributed by atoms with Crippen LogP contribution in [0.25, 0.3) is 0 Å². The van der Waals surface area contributed by atoms with Crippen molar-refractivity contribution in [2.24, 2.45) is 0 Å². The van der Waals surface area contributed by atoms with Crippen molar-refractivity contribution in [3.63, 3.8) is 0 Å². The summed E-state index contributed by atoms with van der Waals surface area (Å²) < 4.78 is 36.9. The van der Waals surface area contributed by atoms with E-state index >= 15 is 0 Å². The minimum atomic E-state index is -4.14. The molecule has 0 saturated carbocycles. The highest BCUT2D eigenvalue weighted by Crippen LogP contribution is 2.23. The van der Waals surface area contributed by atoms with Crippen molar-refractivity contribution in [1.82, 2.24) is 10.2 Å². The number of nitrogens with zero attached hydrogens (tertiary/aromatic N) is 1. The van der Waals surface area contributed by atoms with Crippen LogP contribution in [0.3, 0.4) is 0 Å². The molecule has 0 aromatic heterocycles. The second-order valence-electron chi connectivity index (χ2n) is 6.84. The van der Waals surface area contributed by atoms with E-state index in [2.05, 4.69) is 54.4 Å². The number of nitrogens with one attached hydrogen (secondary N) is 1. The van der Waals surface area contributed by atoms with E-state index in [0.29, 0.717) is 6.42 Å². The van der Waals surface area contributed by atoms with Crippen LogP contribution in [0.2, 0.25) is 0 Å². The molecule has 1 rings (SSSR count). The largest absolute Gasteiger partial charge is 0.392 e. The van der Waals surface area contributed by atoms with Gasteiger partial charge in [-0.2, -0.15) is 13.2 Å². The van der Waals surface area contributed by atoms with Crippen molar-refractivity contribution in [2.75, 3.05) is 32.7 Å². The minimum Gasteiger partial charge on any atom is -0.311 e. The zero-order valence-corrected chi connectivity index (χ0v) is 17.5. The molecule has 5 heteroatoms. The number of hydrogen-bond acceptors (Lipinski definition) is 2. The summed E-state index contributed by atoms with van der Waals surface area (Å²) in [6.45, 7) is 11.4. The first kappa shape index (κ1) is 24.4. The van der Waals surface area contributed by atoms with Gasteiger partial charge in [0.15, 0.2) is 0 Å². The molecule has 0 aromatic carbocycles. The number of alkyl halides is 3. The second-order valence-corrected chi connectivity index (χ2v) is 6.84. The fourth-order valence-corrected chi connectivity index (χ4v) is 3.04. The molecule has 0 fully saturated rings. The molecule has 158 valence electrons. The number of halogens is 3. The summed E-state index contributed by atoms with van der Waals surface area (Å²) in [5, 5.41) is 3.49. The van der Waals surface area contributed by atoms with Crippen LogP contribution in [0.15, 0.2) is 59.3 Å². The number of likely N-dealkylation sites (N-methyl/N-ethyl adjacent to an activating group) is 1. The molecular formula is C23H35F3N2. The molecule has 0 radical (unpaired) electrons. The summed E-state index contributed by atoms with van der Waals surface area (Å²) in [6, 6.07) is 0. The Morgan fingerprint density at radius 1 is 1.11 bits per heavy atom. The van der Waals surface area contributed by atoms with Crippen molar-refractivity contribution >= 4 is 0 Å². The minimum absolute atomic E-state index is 0.525. The lowest BCUT2D eigenvalue weighted by molar-refractivity contribution is -0.125. The van der Waals surface area contributed by atoms with Gasteiger partial charge in [-0.15, -0.1) is 0 Å². The molecule has 0 aliphatic heterocycles. The Labute approximate surface area is 168 Å². The lowest BCUT2D eigenvalue weighted by Gasteiger charge is -2.18.